The first-order valence-electron chi connectivity index (χ1n) is 6.50. The van der Waals surface area contributed by atoms with Crippen molar-refractivity contribution < 1.29 is 12.9 Å². The standard InChI is InChI=1S/C12H13N5O5S/c1-6-9(7(2)22-14-6)23(20,21)17-5-8-10(13-17)15(3)12(19)16(4)11(8)18/h5H,1-4H3. The Kier molecular flexibility index (Phi) is 3.08. The van der Waals surface area contributed by atoms with Crippen LogP contribution >= 0.6 is 0 Å². The molecule has 0 bridgehead atoms. The van der Waals surface area contributed by atoms with E-state index in [-0.39, 0.29) is 27.4 Å². The predicted molar refractivity (Wildman–Crippen MR) is 78.8 cm³/mol. The van der Waals surface area contributed by atoms with Crippen molar-refractivity contribution in [3.63, 3.8) is 0 Å². The van der Waals surface area contributed by atoms with Crippen LogP contribution in [0, 0.1) is 13.8 Å². The summed E-state index contributed by atoms with van der Waals surface area (Å²) in [6, 6.07) is 0. The largest absolute Gasteiger partial charge is 0.360 e. The Morgan fingerprint density at radius 1 is 1.13 bits per heavy atom. The predicted octanol–water partition coefficient (Wildman–Crippen LogP) is -0.724. The van der Waals surface area contributed by atoms with Crippen molar-refractivity contribution in [2.45, 2.75) is 18.7 Å². The maximum atomic E-state index is 12.7. The third kappa shape index (κ3) is 1.96. The summed E-state index contributed by atoms with van der Waals surface area (Å²) in [5.41, 5.74) is -1.05. The number of aryl methyl sites for hydroxylation is 3. The average Bonchev–Trinajstić information content (AvgIpc) is 3.07. The van der Waals surface area contributed by atoms with Crippen molar-refractivity contribution in [2.24, 2.45) is 14.1 Å². The molecular weight excluding hydrogens is 326 g/mol. The smallest absolute Gasteiger partial charge is 0.332 e. The van der Waals surface area contributed by atoms with Crippen LogP contribution in [0.4, 0.5) is 0 Å². The number of hydrogen-bond donors (Lipinski definition) is 0. The van der Waals surface area contributed by atoms with E-state index in [2.05, 4.69) is 10.3 Å². The number of hydrogen-bond acceptors (Lipinski definition) is 7. The first-order chi connectivity index (χ1) is 10.7. The second-order valence-corrected chi connectivity index (χ2v) is 6.84. The van der Waals surface area contributed by atoms with E-state index in [1.165, 1.54) is 27.9 Å². The molecule has 0 fully saturated rings. The molecular formula is C12H13N5O5S. The highest BCUT2D eigenvalue weighted by Gasteiger charge is 2.28. The van der Waals surface area contributed by atoms with Crippen LogP contribution in [0.2, 0.25) is 0 Å². The van der Waals surface area contributed by atoms with Gasteiger partial charge in [-0.05, 0) is 13.8 Å². The molecule has 0 unspecified atom stereocenters. The van der Waals surface area contributed by atoms with Crippen LogP contribution in [0.3, 0.4) is 0 Å². The van der Waals surface area contributed by atoms with Gasteiger partial charge in [-0.3, -0.25) is 13.9 Å². The molecule has 23 heavy (non-hydrogen) atoms. The Hall–Kier alpha value is -2.69. The molecule has 11 heteroatoms. The fraction of sp³-hybridized carbons (Fsp3) is 0.333. The van der Waals surface area contributed by atoms with Gasteiger partial charge in [-0.25, -0.2) is 4.79 Å². The topological polar surface area (TPSA) is 122 Å². The molecule has 0 saturated heterocycles. The molecule has 0 aromatic carbocycles. The van der Waals surface area contributed by atoms with Crippen LogP contribution in [-0.4, -0.2) is 31.9 Å². The lowest BCUT2D eigenvalue weighted by molar-refractivity contribution is 0.390. The first kappa shape index (κ1) is 15.2. The molecule has 0 N–H and O–H groups in total. The summed E-state index contributed by atoms with van der Waals surface area (Å²) in [6.45, 7) is 2.95. The van der Waals surface area contributed by atoms with Crippen molar-refractivity contribution in [3.05, 3.63) is 38.5 Å². The number of rotatable bonds is 2. The molecule has 0 saturated carbocycles. The van der Waals surface area contributed by atoms with E-state index in [1.807, 2.05) is 0 Å². The number of fused-ring (bicyclic) bond motifs is 1. The molecule has 3 aromatic heterocycles. The second-order valence-electron chi connectivity index (χ2n) is 5.10. The minimum absolute atomic E-state index is 0.0185. The third-order valence-corrected chi connectivity index (χ3v) is 5.35. The van der Waals surface area contributed by atoms with Crippen LogP contribution in [0.5, 0.6) is 0 Å². The van der Waals surface area contributed by atoms with Gasteiger partial charge in [0.15, 0.2) is 16.3 Å². The number of nitrogens with zero attached hydrogens (tertiary/aromatic N) is 5. The SMILES string of the molecule is Cc1noc(C)c1S(=O)(=O)n1cc2c(=O)n(C)c(=O)n(C)c2n1. The van der Waals surface area contributed by atoms with E-state index in [1.54, 1.807) is 0 Å². The van der Waals surface area contributed by atoms with Gasteiger partial charge in [0.2, 0.25) is 0 Å². The maximum Gasteiger partial charge on any atom is 0.332 e. The normalized spacial score (nSPS) is 12.2. The van der Waals surface area contributed by atoms with E-state index in [0.29, 0.717) is 4.09 Å². The van der Waals surface area contributed by atoms with Crippen molar-refractivity contribution >= 4 is 21.1 Å². The summed E-state index contributed by atoms with van der Waals surface area (Å²) in [7, 11) is -1.38. The molecule has 3 aromatic rings. The van der Waals surface area contributed by atoms with Crippen LogP contribution in [0.25, 0.3) is 11.0 Å². The molecule has 0 spiro atoms. The summed E-state index contributed by atoms with van der Waals surface area (Å²) in [5.74, 6) is 0.115. The van der Waals surface area contributed by atoms with E-state index in [0.717, 1.165) is 15.3 Å². The summed E-state index contributed by atoms with van der Waals surface area (Å²) < 4.78 is 32.9. The van der Waals surface area contributed by atoms with Crippen molar-refractivity contribution in [3.8, 4) is 0 Å². The molecule has 0 amide bonds. The quantitative estimate of drug-likeness (QED) is 0.603. The van der Waals surface area contributed by atoms with E-state index >= 15 is 0 Å². The third-order valence-electron chi connectivity index (χ3n) is 3.57. The Bertz CT molecular complexity index is 1140. The highest BCUT2D eigenvalue weighted by molar-refractivity contribution is 7.90. The van der Waals surface area contributed by atoms with Gasteiger partial charge in [0.05, 0.1) is 6.20 Å². The Morgan fingerprint density at radius 3 is 2.35 bits per heavy atom. The summed E-state index contributed by atoms with van der Waals surface area (Å²) >= 11 is 0. The van der Waals surface area contributed by atoms with Gasteiger partial charge < -0.3 is 4.52 Å². The zero-order valence-corrected chi connectivity index (χ0v) is 13.6. The lowest BCUT2D eigenvalue weighted by Crippen LogP contribution is -2.36. The Labute approximate surface area is 129 Å². The average molecular weight is 339 g/mol. The van der Waals surface area contributed by atoms with Gasteiger partial charge in [0.25, 0.3) is 15.6 Å². The molecule has 0 radical (unpaired) electrons. The van der Waals surface area contributed by atoms with E-state index < -0.39 is 21.3 Å². The van der Waals surface area contributed by atoms with Gasteiger partial charge in [-0.15, -0.1) is 5.10 Å². The van der Waals surface area contributed by atoms with Gasteiger partial charge in [0.1, 0.15) is 11.1 Å². The highest BCUT2D eigenvalue weighted by atomic mass is 32.2. The van der Waals surface area contributed by atoms with Crippen LogP contribution in [0.1, 0.15) is 11.5 Å². The van der Waals surface area contributed by atoms with Gasteiger partial charge in [0, 0.05) is 14.1 Å². The Balaban J connectivity index is 2.39. The molecule has 122 valence electrons. The molecule has 0 aliphatic carbocycles. The minimum Gasteiger partial charge on any atom is -0.360 e. The van der Waals surface area contributed by atoms with Gasteiger partial charge in [-0.2, -0.15) is 12.5 Å². The van der Waals surface area contributed by atoms with Crippen LogP contribution in [-0.2, 0) is 24.1 Å². The fourth-order valence-electron chi connectivity index (χ4n) is 2.39. The molecule has 0 aliphatic heterocycles. The Morgan fingerprint density at radius 2 is 1.78 bits per heavy atom. The zero-order valence-electron chi connectivity index (χ0n) is 12.8. The van der Waals surface area contributed by atoms with E-state index in [4.69, 9.17) is 4.52 Å². The molecule has 3 rings (SSSR count). The van der Waals surface area contributed by atoms with E-state index in [9.17, 15) is 18.0 Å². The zero-order chi connectivity index (χ0) is 17.1. The fourth-order valence-corrected chi connectivity index (χ4v) is 3.81. The molecule has 0 aliphatic rings. The lowest BCUT2D eigenvalue weighted by atomic mass is 10.4. The molecule has 3 heterocycles. The summed E-state index contributed by atoms with van der Waals surface area (Å²) in [4.78, 5) is 23.9. The highest BCUT2D eigenvalue weighted by Crippen LogP contribution is 2.22. The van der Waals surface area contributed by atoms with Crippen molar-refractivity contribution in [1.82, 2.24) is 23.5 Å². The van der Waals surface area contributed by atoms with Crippen molar-refractivity contribution in [1.29, 1.82) is 0 Å². The molecule has 10 nitrogen and oxygen atoms in total. The summed E-state index contributed by atoms with van der Waals surface area (Å²) in [5, 5.41) is 7.52. The van der Waals surface area contributed by atoms with Crippen LogP contribution in [0.15, 0.2) is 25.2 Å². The lowest BCUT2D eigenvalue weighted by Gasteiger charge is -2.02. The molecule has 0 atom stereocenters. The number of aromatic nitrogens is 5. The maximum absolute atomic E-state index is 12.7. The second kappa shape index (κ2) is 4.65. The first-order valence-corrected chi connectivity index (χ1v) is 7.94. The van der Waals surface area contributed by atoms with Gasteiger partial charge >= 0.3 is 5.69 Å². The monoisotopic (exact) mass is 339 g/mol. The minimum atomic E-state index is -4.09. The van der Waals surface area contributed by atoms with Gasteiger partial charge in [-0.1, -0.05) is 5.16 Å². The van der Waals surface area contributed by atoms with Crippen molar-refractivity contribution in [2.75, 3.05) is 0 Å². The van der Waals surface area contributed by atoms with Crippen LogP contribution < -0.4 is 11.2 Å². The summed E-state index contributed by atoms with van der Waals surface area (Å²) in [6.07, 6.45) is 1.08.